The second-order valence-corrected chi connectivity index (χ2v) is 8.54. The number of nitrogens with zero attached hydrogens (tertiary/aromatic N) is 1. The van der Waals surface area contributed by atoms with Crippen molar-refractivity contribution in [1.82, 2.24) is 10.2 Å². The zero-order valence-electron chi connectivity index (χ0n) is 14.1. The first-order valence-electron chi connectivity index (χ1n) is 7.96. The van der Waals surface area contributed by atoms with Crippen molar-refractivity contribution in [3.8, 4) is 0 Å². The number of benzene rings is 1. The predicted molar refractivity (Wildman–Crippen MR) is 92.5 cm³/mol. The van der Waals surface area contributed by atoms with Crippen LogP contribution in [0.4, 0.5) is 0 Å². The maximum atomic E-state index is 12.5. The normalized spacial score (nSPS) is 27.2. The molecule has 2 aliphatic rings. The van der Waals surface area contributed by atoms with Crippen molar-refractivity contribution in [3.05, 3.63) is 35.9 Å². The molecule has 9 heteroatoms. The van der Waals surface area contributed by atoms with Crippen molar-refractivity contribution in [1.29, 1.82) is 0 Å². The fraction of sp³-hybridized carbons (Fsp3) is 0.412. The molecule has 2 heterocycles. The highest BCUT2D eigenvalue weighted by Gasteiger charge is 2.64. The molecule has 1 aromatic carbocycles. The Kier molecular flexibility index (Phi) is 4.43. The van der Waals surface area contributed by atoms with E-state index in [2.05, 4.69) is 5.32 Å². The molecule has 26 heavy (non-hydrogen) atoms. The molecule has 0 spiro atoms. The van der Waals surface area contributed by atoms with Crippen molar-refractivity contribution in [2.24, 2.45) is 0 Å². The van der Waals surface area contributed by atoms with Crippen LogP contribution in [0, 0.1) is 0 Å². The minimum atomic E-state index is -1.44. The van der Waals surface area contributed by atoms with Crippen molar-refractivity contribution in [2.45, 2.75) is 42.0 Å². The second kappa shape index (κ2) is 6.31. The van der Waals surface area contributed by atoms with Gasteiger partial charge in [-0.05, 0) is 19.4 Å². The van der Waals surface area contributed by atoms with Gasteiger partial charge in [0.05, 0.1) is 0 Å². The van der Waals surface area contributed by atoms with E-state index in [-0.39, 0.29) is 0 Å². The van der Waals surface area contributed by atoms with Crippen molar-refractivity contribution >= 4 is 35.5 Å². The average Bonchev–Trinajstić information content (AvgIpc) is 2.82. The molecule has 0 radical (unpaired) electrons. The number of hydrogen-bond donors (Lipinski definition) is 3. The summed E-state index contributed by atoms with van der Waals surface area (Å²) >= 11 is 1.29. The van der Waals surface area contributed by atoms with Crippen LogP contribution < -0.4 is 5.32 Å². The van der Waals surface area contributed by atoms with Crippen LogP contribution >= 0.6 is 11.8 Å². The maximum Gasteiger partial charge on any atom is 0.327 e. The van der Waals surface area contributed by atoms with Gasteiger partial charge in [0.25, 0.3) is 0 Å². The summed E-state index contributed by atoms with van der Waals surface area (Å²) in [4.78, 5) is 49.2. The molecule has 138 valence electrons. The predicted octanol–water partition coefficient (Wildman–Crippen LogP) is 0.486. The quantitative estimate of drug-likeness (QED) is 0.503. The molecular formula is C17H18N2O6S. The molecule has 2 fully saturated rings. The molecule has 3 N–H and O–H groups in total. The van der Waals surface area contributed by atoms with E-state index >= 15 is 0 Å². The van der Waals surface area contributed by atoms with E-state index in [0.29, 0.717) is 5.56 Å². The van der Waals surface area contributed by atoms with Crippen molar-refractivity contribution in [3.63, 3.8) is 0 Å². The first-order chi connectivity index (χ1) is 12.1. The molecule has 2 amide bonds. The summed E-state index contributed by atoms with van der Waals surface area (Å²) in [5.41, 5.74) is 0.309. The highest BCUT2D eigenvalue weighted by molar-refractivity contribution is 8.01. The van der Waals surface area contributed by atoms with Gasteiger partial charge in [-0.25, -0.2) is 4.79 Å². The lowest BCUT2D eigenvalue weighted by Crippen LogP contribution is -2.71. The second-order valence-electron chi connectivity index (χ2n) is 6.77. The summed E-state index contributed by atoms with van der Waals surface area (Å²) in [6.07, 6.45) is 0. The van der Waals surface area contributed by atoms with E-state index in [4.69, 9.17) is 0 Å². The van der Waals surface area contributed by atoms with Gasteiger partial charge in [-0.1, -0.05) is 30.3 Å². The van der Waals surface area contributed by atoms with Gasteiger partial charge >= 0.3 is 11.9 Å². The molecule has 0 aliphatic carbocycles. The summed E-state index contributed by atoms with van der Waals surface area (Å²) in [6, 6.07) is 6.10. The maximum absolute atomic E-state index is 12.5. The van der Waals surface area contributed by atoms with Crippen molar-refractivity contribution in [2.75, 3.05) is 0 Å². The Morgan fingerprint density at radius 1 is 1.19 bits per heavy atom. The minimum absolute atomic E-state index is 0.309. The molecule has 3 rings (SSSR count). The van der Waals surface area contributed by atoms with Crippen LogP contribution in [0.3, 0.4) is 0 Å². The molecule has 8 nitrogen and oxygen atoms in total. The number of carboxylic acid groups (broad SMARTS) is 2. The van der Waals surface area contributed by atoms with Gasteiger partial charge in [0, 0.05) is 4.75 Å². The third-order valence-corrected chi connectivity index (χ3v) is 6.19. The van der Waals surface area contributed by atoms with E-state index in [1.54, 1.807) is 32.0 Å². The van der Waals surface area contributed by atoms with E-state index < -0.39 is 51.9 Å². The highest BCUT2D eigenvalue weighted by atomic mass is 32.2. The van der Waals surface area contributed by atoms with Gasteiger partial charge < -0.3 is 20.4 Å². The number of nitrogens with one attached hydrogen (secondary N) is 1. The Hall–Kier alpha value is -2.55. The van der Waals surface area contributed by atoms with Crippen LogP contribution in [0.1, 0.15) is 25.3 Å². The summed E-state index contributed by atoms with van der Waals surface area (Å²) in [7, 11) is 0. The fourth-order valence-electron chi connectivity index (χ4n) is 3.43. The average molecular weight is 378 g/mol. The number of β-lactam (4-membered cyclic amide) rings is 1. The molecule has 0 bridgehead atoms. The zero-order valence-corrected chi connectivity index (χ0v) is 14.9. The van der Waals surface area contributed by atoms with Crippen LogP contribution in [0.5, 0.6) is 0 Å². The number of rotatable bonds is 5. The van der Waals surface area contributed by atoms with Crippen LogP contribution in [-0.4, -0.2) is 61.1 Å². The standard InChI is InChI=1S/C17H18N2O6S/c1-17(2)11(16(24)25)19-13(21)10(14(19)26-17)18-12(20)9(15(22)23)8-6-4-3-5-7-8/h3-7,9-11,14H,1-2H3,(H,18,20)(H,22,23)(H,24,25)/t9-,10+,11-,14-/m0/s1. The molecule has 0 unspecified atom stereocenters. The SMILES string of the molecule is CC1(C)S[C@H]2[C@H](NC(=O)[C@@H](C(=O)O)c3ccccc3)C(=O)N2[C@H]1C(=O)O. The lowest BCUT2D eigenvalue weighted by Gasteiger charge is -2.43. The molecule has 0 saturated carbocycles. The lowest BCUT2D eigenvalue weighted by atomic mass is 9.94. The van der Waals surface area contributed by atoms with Crippen LogP contribution in [0.2, 0.25) is 0 Å². The molecule has 0 aromatic heterocycles. The number of amides is 2. The number of hydrogen-bond acceptors (Lipinski definition) is 5. The fourth-order valence-corrected chi connectivity index (χ4v) is 5.06. The number of aliphatic carboxylic acids is 2. The van der Waals surface area contributed by atoms with E-state index in [9.17, 15) is 29.4 Å². The summed E-state index contributed by atoms with van der Waals surface area (Å²) in [5.74, 6) is -5.16. The first-order valence-corrected chi connectivity index (χ1v) is 8.84. The van der Waals surface area contributed by atoms with Gasteiger partial charge in [-0.3, -0.25) is 14.4 Å². The number of carboxylic acids is 2. The van der Waals surface area contributed by atoms with Gasteiger partial charge in [-0.15, -0.1) is 11.8 Å². The Labute approximate surface area is 153 Å². The van der Waals surface area contributed by atoms with E-state index in [0.717, 1.165) is 0 Å². The molecule has 2 aliphatic heterocycles. The van der Waals surface area contributed by atoms with Gasteiger partial charge in [0.2, 0.25) is 11.8 Å². The number of thioether (sulfide) groups is 1. The molecule has 1 aromatic rings. The van der Waals surface area contributed by atoms with Crippen LogP contribution in [0.15, 0.2) is 30.3 Å². The summed E-state index contributed by atoms with van der Waals surface area (Å²) in [5, 5.41) is 20.8. The number of fused-ring (bicyclic) bond motifs is 1. The topological polar surface area (TPSA) is 124 Å². The molecule has 2 saturated heterocycles. The van der Waals surface area contributed by atoms with Crippen LogP contribution in [-0.2, 0) is 19.2 Å². The van der Waals surface area contributed by atoms with Gasteiger partial charge in [0.15, 0.2) is 5.92 Å². The van der Waals surface area contributed by atoms with Crippen molar-refractivity contribution < 1.29 is 29.4 Å². The summed E-state index contributed by atoms with van der Waals surface area (Å²) < 4.78 is -0.711. The number of carbonyl (C=O) groups is 4. The third-order valence-electron chi connectivity index (χ3n) is 4.61. The Balaban J connectivity index is 1.78. The zero-order chi connectivity index (χ0) is 19.2. The Morgan fingerprint density at radius 3 is 2.35 bits per heavy atom. The molecule has 4 atom stereocenters. The number of carbonyl (C=O) groups excluding carboxylic acids is 2. The molecular weight excluding hydrogens is 360 g/mol. The lowest BCUT2D eigenvalue weighted by molar-refractivity contribution is -0.161. The van der Waals surface area contributed by atoms with Gasteiger partial charge in [-0.2, -0.15) is 0 Å². The van der Waals surface area contributed by atoms with E-state index in [1.165, 1.54) is 28.8 Å². The van der Waals surface area contributed by atoms with Gasteiger partial charge in [0.1, 0.15) is 17.5 Å². The first kappa shape index (κ1) is 18.2. The largest absolute Gasteiger partial charge is 0.480 e. The monoisotopic (exact) mass is 378 g/mol. The minimum Gasteiger partial charge on any atom is -0.480 e. The van der Waals surface area contributed by atoms with Crippen LogP contribution in [0.25, 0.3) is 0 Å². The highest BCUT2D eigenvalue weighted by Crippen LogP contribution is 2.50. The Morgan fingerprint density at radius 2 is 1.81 bits per heavy atom. The van der Waals surface area contributed by atoms with E-state index in [1.807, 2.05) is 0 Å². The Bertz CT molecular complexity index is 781. The summed E-state index contributed by atoms with van der Waals surface area (Å²) in [6.45, 7) is 3.45. The smallest absolute Gasteiger partial charge is 0.327 e. The third kappa shape index (κ3) is 2.82.